The van der Waals surface area contributed by atoms with E-state index in [1.165, 1.54) is 0 Å². The smallest absolute Gasteiger partial charge is 0.124 e. The number of nitrogens with zero attached hydrogens (tertiary/aromatic N) is 10. The lowest BCUT2D eigenvalue weighted by atomic mass is 10.2. The molecule has 0 saturated heterocycles. The van der Waals surface area contributed by atoms with Crippen molar-refractivity contribution in [1.29, 1.82) is 0 Å². The Balaban J connectivity index is 1.46. The summed E-state index contributed by atoms with van der Waals surface area (Å²) in [5.41, 5.74) is 1.45. The Labute approximate surface area is 167 Å². The highest BCUT2D eigenvalue weighted by atomic mass is 35.5. The van der Waals surface area contributed by atoms with Crippen LogP contribution in [0.4, 0.5) is 11.9 Å². The monoisotopic (exact) mass is 410 g/mol. The molecule has 0 saturated carbocycles. The molecule has 12 heteroatoms. The molecular formula is C16H8Cl2N10. The van der Waals surface area contributed by atoms with E-state index in [1.807, 2.05) is 0 Å². The summed E-state index contributed by atoms with van der Waals surface area (Å²) in [4.78, 5) is 0. The maximum atomic E-state index is 5.85. The molecule has 0 aliphatic carbocycles. The van der Waals surface area contributed by atoms with E-state index in [-0.39, 0.29) is 11.9 Å². The summed E-state index contributed by atoms with van der Waals surface area (Å²) in [6, 6.07) is 13.9. The summed E-state index contributed by atoms with van der Waals surface area (Å²) in [6.45, 7) is 0. The van der Waals surface area contributed by atoms with Gasteiger partial charge >= 0.3 is 11.9 Å². The molecule has 2 aromatic heterocycles. The fourth-order valence-corrected chi connectivity index (χ4v) is 2.30. The Kier molecular flexibility index (Phi) is 5.13. The van der Waals surface area contributed by atoms with Crippen molar-refractivity contribution in [3.05, 3.63) is 58.6 Å². The number of rotatable bonds is 4. The highest BCUT2D eigenvalue weighted by molar-refractivity contribution is 6.30. The summed E-state index contributed by atoms with van der Waals surface area (Å²) in [6.07, 6.45) is 0. The van der Waals surface area contributed by atoms with Crippen molar-refractivity contribution >= 4 is 35.1 Å². The molecule has 0 spiro atoms. The molecule has 0 unspecified atom stereocenters. The standard InChI is InChI=1S/C16H8Cl2N10/c17-11-5-1-9(2-6-11)13-19-23-15(24-20-13)27-28-16-25-21-14(22-26-16)10-3-7-12(18)8-4-10/h1-8H. The minimum absolute atomic E-state index is 0.0527. The number of halogens is 2. The molecule has 0 radical (unpaired) electrons. The van der Waals surface area contributed by atoms with Crippen molar-refractivity contribution in [2.45, 2.75) is 0 Å². The van der Waals surface area contributed by atoms with Gasteiger partial charge in [0.1, 0.15) is 0 Å². The van der Waals surface area contributed by atoms with Gasteiger partial charge in [0.25, 0.3) is 0 Å². The molecule has 4 rings (SSSR count). The quantitative estimate of drug-likeness (QED) is 0.463. The minimum atomic E-state index is -0.0527. The predicted octanol–water partition coefficient (Wildman–Crippen LogP) is 3.90. The van der Waals surface area contributed by atoms with Crippen LogP contribution in [0.2, 0.25) is 10.0 Å². The van der Waals surface area contributed by atoms with Crippen molar-refractivity contribution in [3.63, 3.8) is 0 Å². The molecule has 0 atom stereocenters. The first kappa shape index (κ1) is 17.9. The normalized spacial score (nSPS) is 11.1. The molecule has 0 aliphatic rings. The number of aromatic nitrogens is 8. The summed E-state index contributed by atoms with van der Waals surface area (Å²) in [5, 5.41) is 39.9. The number of benzene rings is 2. The Hall–Kier alpha value is -3.50. The number of azo groups is 1. The van der Waals surface area contributed by atoms with Crippen LogP contribution in [0.5, 0.6) is 0 Å². The first-order valence-electron chi connectivity index (χ1n) is 7.76. The molecule has 0 amide bonds. The Morgan fingerprint density at radius 1 is 0.464 bits per heavy atom. The van der Waals surface area contributed by atoms with E-state index in [1.54, 1.807) is 48.5 Å². The molecular weight excluding hydrogens is 403 g/mol. The maximum Gasteiger partial charge on any atom is 0.306 e. The topological polar surface area (TPSA) is 128 Å². The van der Waals surface area contributed by atoms with E-state index >= 15 is 0 Å². The van der Waals surface area contributed by atoms with Crippen molar-refractivity contribution in [2.75, 3.05) is 0 Å². The van der Waals surface area contributed by atoms with Crippen LogP contribution in [0, 0.1) is 0 Å². The van der Waals surface area contributed by atoms with Crippen molar-refractivity contribution < 1.29 is 0 Å². The summed E-state index contributed by atoms with van der Waals surface area (Å²) >= 11 is 11.7. The molecule has 2 heterocycles. The van der Waals surface area contributed by atoms with Crippen LogP contribution in [0.1, 0.15) is 0 Å². The van der Waals surface area contributed by atoms with Crippen molar-refractivity contribution in [1.82, 2.24) is 40.8 Å². The lowest BCUT2D eigenvalue weighted by molar-refractivity contribution is 0.823. The largest absolute Gasteiger partial charge is 0.306 e. The van der Waals surface area contributed by atoms with E-state index in [9.17, 15) is 0 Å². The van der Waals surface area contributed by atoms with Crippen LogP contribution in [0.15, 0.2) is 58.8 Å². The van der Waals surface area contributed by atoms with Gasteiger partial charge in [0, 0.05) is 21.2 Å². The Morgan fingerprint density at radius 3 is 1.11 bits per heavy atom. The van der Waals surface area contributed by atoms with Gasteiger partial charge in [-0.05, 0) is 48.5 Å². The molecule has 136 valence electrons. The average molecular weight is 411 g/mol. The Morgan fingerprint density at radius 2 is 0.786 bits per heavy atom. The summed E-state index contributed by atoms with van der Waals surface area (Å²) < 4.78 is 0. The van der Waals surface area contributed by atoms with Crippen LogP contribution >= 0.6 is 23.2 Å². The highest BCUT2D eigenvalue weighted by Crippen LogP contribution is 2.18. The van der Waals surface area contributed by atoms with E-state index < -0.39 is 0 Å². The van der Waals surface area contributed by atoms with Crippen LogP contribution < -0.4 is 0 Å². The first-order chi connectivity index (χ1) is 13.7. The second-order valence-electron chi connectivity index (χ2n) is 5.26. The molecule has 0 bridgehead atoms. The molecule has 10 nitrogen and oxygen atoms in total. The Bertz CT molecular complexity index is 1010. The molecule has 0 fully saturated rings. The number of hydrogen-bond acceptors (Lipinski definition) is 10. The highest BCUT2D eigenvalue weighted by Gasteiger charge is 2.06. The minimum Gasteiger partial charge on any atom is -0.124 e. The molecule has 2 aromatic carbocycles. The third-order valence-corrected chi connectivity index (χ3v) is 3.87. The zero-order valence-corrected chi connectivity index (χ0v) is 15.4. The zero-order chi connectivity index (χ0) is 19.3. The third kappa shape index (κ3) is 4.24. The van der Waals surface area contributed by atoms with Gasteiger partial charge in [-0.2, -0.15) is 0 Å². The van der Waals surface area contributed by atoms with Crippen LogP contribution in [-0.4, -0.2) is 40.8 Å². The maximum absolute atomic E-state index is 5.85. The van der Waals surface area contributed by atoms with Gasteiger partial charge in [-0.1, -0.05) is 23.2 Å². The SMILES string of the molecule is Clc1ccc(-c2nnc(N=Nc3nnc(-c4ccc(Cl)cc4)nn3)nn2)cc1. The lowest BCUT2D eigenvalue weighted by Gasteiger charge is -1.98. The van der Waals surface area contributed by atoms with Crippen molar-refractivity contribution in [2.24, 2.45) is 10.2 Å². The second-order valence-corrected chi connectivity index (χ2v) is 6.13. The number of hydrogen-bond donors (Lipinski definition) is 0. The van der Waals surface area contributed by atoms with Crippen LogP contribution in [0.3, 0.4) is 0 Å². The molecule has 4 aromatic rings. The van der Waals surface area contributed by atoms with Gasteiger partial charge in [0.05, 0.1) is 0 Å². The average Bonchev–Trinajstić information content (AvgIpc) is 2.74. The summed E-state index contributed by atoms with van der Waals surface area (Å²) in [5.74, 6) is 0.566. The third-order valence-electron chi connectivity index (χ3n) is 3.37. The van der Waals surface area contributed by atoms with E-state index in [0.717, 1.165) is 11.1 Å². The summed E-state index contributed by atoms with van der Waals surface area (Å²) in [7, 11) is 0. The van der Waals surface area contributed by atoms with Gasteiger partial charge in [-0.3, -0.25) is 0 Å². The zero-order valence-electron chi connectivity index (χ0n) is 13.8. The molecule has 0 aliphatic heterocycles. The van der Waals surface area contributed by atoms with Crippen LogP contribution in [0.25, 0.3) is 22.8 Å². The van der Waals surface area contributed by atoms with Gasteiger partial charge in [0.15, 0.2) is 0 Å². The van der Waals surface area contributed by atoms with Gasteiger partial charge in [0.2, 0.25) is 11.6 Å². The molecule has 0 N–H and O–H groups in total. The van der Waals surface area contributed by atoms with Gasteiger partial charge < -0.3 is 0 Å². The van der Waals surface area contributed by atoms with E-state index in [4.69, 9.17) is 23.2 Å². The van der Waals surface area contributed by atoms with Gasteiger partial charge in [-0.15, -0.1) is 51.0 Å². The van der Waals surface area contributed by atoms with Crippen molar-refractivity contribution in [3.8, 4) is 22.8 Å². The first-order valence-corrected chi connectivity index (χ1v) is 8.51. The molecule has 28 heavy (non-hydrogen) atoms. The lowest BCUT2D eigenvalue weighted by Crippen LogP contribution is -1.96. The van der Waals surface area contributed by atoms with Gasteiger partial charge in [-0.25, -0.2) is 0 Å². The van der Waals surface area contributed by atoms with E-state index in [0.29, 0.717) is 21.7 Å². The second kappa shape index (κ2) is 8.03. The van der Waals surface area contributed by atoms with Crippen LogP contribution in [-0.2, 0) is 0 Å². The fourth-order valence-electron chi connectivity index (χ4n) is 2.05. The van der Waals surface area contributed by atoms with E-state index in [2.05, 4.69) is 51.0 Å². The fraction of sp³-hybridized carbons (Fsp3) is 0. The predicted molar refractivity (Wildman–Crippen MR) is 100 cm³/mol.